The van der Waals surface area contributed by atoms with E-state index in [4.69, 9.17) is 9.90 Å². The van der Waals surface area contributed by atoms with Crippen molar-refractivity contribution in [3.05, 3.63) is 35.9 Å². The molecule has 0 saturated carbocycles. The lowest BCUT2D eigenvalue weighted by molar-refractivity contribution is -0.122. The van der Waals surface area contributed by atoms with Gasteiger partial charge in [-0.3, -0.25) is 4.79 Å². The highest BCUT2D eigenvalue weighted by Crippen LogP contribution is 2.20. The zero-order chi connectivity index (χ0) is 10.3. The predicted octanol–water partition coefficient (Wildman–Crippen LogP) is 1.50. The molecule has 78 valence electrons. The number of hydrogen-bond donors (Lipinski definition) is 1. The van der Waals surface area contributed by atoms with Crippen LogP contribution in [0.5, 0.6) is 0 Å². The summed E-state index contributed by atoms with van der Waals surface area (Å²) < 4.78 is 0. The molecule has 0 amide bonds. The number of carbonyl (C=O) groups is 1. The maximum Gasteiger partial charge on any atom is 0.290 e. The summed E-state index contributed by atoms with van der Waals surface area (Å²) in [7, 11) is 0. The van der Waals surface area contributed by atoms with Gasteiger partial charge in [0.25, 0.3) is 6.47 Å². The molecule has 0 spiro atoms. The van der Waals surface area contributed by atoms with Crippen LogP contribution in [0.4, 0.5) is 0 Å². The average molecular weight is 210 g/mol. The van der Waals surface area contributed by atoms with E-state index in [1.807, 2.05) is 0 Å². The zero-order valence-electron chi connectivity index (χ0n) is 8.32. The van der Waals surface area contributed by atoms with Crippen LogP contribution in [0.2, 0.25) is 0 Å². The van der Waals surface area contributed by atoms with Gasteiger partial charge in [0, 0.05) is 0 Å². The van der Waals surface area contributed by atoms with E-state index in [9.17, 15) is 0 Å². The molecule has 0 aliphatic carbocycles. The fraction of sp³-hybridized carbons (Fsp3) is 0.364. The smallest absolute Gasteiger partial charge is 0.290 e. The standard InChI is InChI=1S/C10H14.CH2O2.Al.3H/c1-10(2,3)9-7-5-4-6-8-9;2-1-3;;;;/h4-8H,1-3H3;1H,(H,2,3);;;;. The first-order valence-electron chi connectivity index (χ1n) is 4.15. The summed E-state index contributed by atoms with van der Waals surface area (Å²) in [5.74, 6) is 0. The van der Waals surface area contributed by atoms with E-state index in [1.165, 1.54) is 5.56 Å². The largest absolute Gasteiger partial charge is 0.483 e. The summed E-state index contributed by atoms with van der Waals surface area (Å²) >= 11 is 0. The fourth-order valence-corrected chi connectivity index (χ4v) is 0.938. The van der Waals surface area contributed by atoms with Gasteiger partial charge in [-0.05, 0) is 11.0 Å². The van der Waals surface area contributed by atoms with E-state index in [2.05, 4.69) is 51.1 Å². The van der Waals surface area contributed by atoms with Crippen LogP contribution in [-0.2, 0) is 10.2 Å². The molecule has 0 unspecified atom stereocenters. The van der Waals surface area contributed by atoms with Crippen LogP contribution in [0.3, 0.4) is 0 Å². The van der Waals surface area contributed by atoms with Crippen LogP contribution in [0.15, 0.2) is 30.3 Å². The summed E-state index contributed by atoms with van der Waals surface area (Å²) in [6.45, 7) is 6.42. The van der Waals surface area contributed by atoms with Crippen molar-refractivity contribution in [2.45, 2.75) is 26.2 Å². The maximum absolute atomic E-state index is 8.36. The van der Waals surface area contributed by atoms with Crippen LogP contribution in [0.25, 0.3) is 0 Å². The van der Waals surface area contributed by atoms with Crippen molar-refractivity contribution in [2.75, 3.05) is 0 Å². The third kappa shape index (κ3) is 6.71. The van der Waals surface area contributed by atoms with Gasteiger partial charge in [0.05, 0.1) is 0 Å². The minimum atomic E-state index is -0.250. The van der Waals surface area contributed by atoms with Gasteiger partial charge in [-0.15, -0.1) is 0 Å². The lowest BCUT2D eigenvalue weighted by Crippen LogP contribution is -2.10. The van der Waals surface area contributed by atoms with Crippen LogP contribution < -0.4 is 0 Å². The van der Waals surface area contributed by atoms with Crippen molar-refractivity contribution in [1.29, 1.82) is 0 Å². The van der Waals surface area contributed by atoms with Gasteiger partial charge in [-0.2, -0.15) is 0 Å². The molecule has 0 fully saturated rings. The summed E-state index contributed by atoms with van der Waals surface area (Å²) in [4.78, 5) is 8.36. The monoisotopic (exact) mass is 210 g/mol. The van der Waals surface area contributed by atoms with E-state index < -0.39 is 0 Å². The molecule has 14 heavy (non-hydrogen) atoms. The SMILES string of the molecule is CC(C)(C)c1ccccc1.O=CO.[AlH3]. The Hall–Kier alpha value is -0.778. The number of hydrogen-bond acceptors (Lipinski definition) is 1. The van der Waals surface area contributed by atoms with Crippen LogP contribution in [0, 0.1) is 0 Å². The van der Waals surface area contributed by atoms with E-state index in [1.54, 1.807) is 0 Å². The number of rotatable bonds is 0. The second kappa shape index (κ2) is 7.61. The maximum atomic E-state index is 8.36. The molecule has 1 aromatic carbocycles. The zero-order valence-corrected chi connectivity index (χ0v) is 8.32. The van der Waals surface area contributed by atoms with Crippen LogP contribution >= 0.6 is 0 Å². The van der Waals surface area contributed by atoms with Gasteiger partial charge in [0.2, 0.25) is 0 Å². The second-order valence-corrected chi connectivity index (χ2v) is 3.72. The molecular formula is C11H19AlO2. The molecule has 1 N–H and O–H groups in total. The fourth-order valence-electron chi connectivity index (χ4n) is 0.938. The Bertz CT molecular complexity index is 239. The third-order valence-electron chi connectivity index (χ3n) is 1.64. The summed E-state index contributed by atoms with van der Waals surface area (Å²) in [5, 5.41) is 6.89. The van der Waals surface area contributed by atoms with E-state index in [0.717, 1.165) is 0 Å². The second-order valence-electron chi connectivity index (χ2n) is 3.72. The third-order valence-corrected chi connectivity index (χ3v) is 1.64. The lowest BCUT2D eigenvalue weighted by Gasteiger charge is -2.18. The molecule has 0 atom stereocenters. The van der Waals surface area contributed by atoms with E-state index >= 15 is 0 Å². The Labute approximate surface area is 96.1 Å². The molecule has 0 aromatic heterocycles. The summed E-state index contributed by atoms with van der Waals surface area (Å²) in [6, 6.07) is 10.6. The normalized spacial score (nSPS) is 9.07. The molecule has 0 bridgehead atoms. The first-order valence-corrected chi connectivity index (χ1v) is 4.15. The van der Waals surface area contributed by atoms with Crippen molar-refractivity contribution in [3.63, 3.8) is 0 Å². The number of benzene rings is 1. The van der Waals surface area contributed by atoms with Crippen molar-refractivity contribution in [2.24, 2.45) is 0 Å². The van der Waals surface area contributed by atoms with Gasteiger partial charge in [0.15, 0.2) is 17.4 Å². The topological polar surface area (TPSA) is 37.3 Å². The molecule has 0 aliphatic rings. The highest BCUT2D eigenvalue weighted by molar-refractivity contribution is 5.75. The molecule has 1 rings (SSSR count). The Morgan fingerprint density at radius 1 is 1.14 bits per heavy atom. The van der Waals surface area contributed by atoms with Crippen LogP contribution in [-0.4, -0.2) is 28.9 Å². The van der Waals surface area contributed by atoms with E-state index in [-0.39, 0.29) is 23.8 Å². The molecule has 3 heteroatoms. The van der Waals surface area contributed by atoms with Crippen molar-refractivity contribution < 1.29 is 9.90 Å². The van der Waals surface area contributed by atoms with Crippen LogP contribution in [0.1, 0.15) is 26.3 Å². The number of carboxylic acid groups (broad SMARTS) is 1. The Morgan fingerprint density at radius 3 is 1.71 bits per heavy atom. The molecule has 1 aromatic rings. The minimum absolute atomic E-state index is 0. The minimum Gasteiger partial charge on any atom is -0.483 e. The summed E-state index contributed by atoms with van der Waals surface area (Å²) in [6.07, 6.45) is 0. The quantitative estimate of drug-likeness (QED) is 0.520. The first-order chi connectivity index (χ1) is 6.02. The van der Waals surface area contributed by atoms with Crippen molar-refractivity contribution >= 4 is 23.8 Å². The lowest BCUT2D eigenvalue weighted by atomic mass is 9.87. The van der Waals surface area contributed by atoms with Crippen molar-refractivity contribution in [1.82, 2.24) is 0 Å². The molecule has 0 aliphatic heterocycles. The van der Waals surface area contributed by atoms with Gasteiger partial charge >= 0.3 is 0 Å². The van der Waals surface area contributed by atoms with E-state index in [0.29, 0.717) is 5.41 Å². The van der Waals surface area contributed by atoms with Gasteiger partial charge in [-0.25, -0.2) is 0 Å². The highest BCUT2D eigenvalue weighted by Gasteiger charge is 2.11. The average Bonchev–Trinajstić information content (AvgIpc) is 2.06. The Kier molecular flexibility index (Phi) is 8.53. The molecule has 0 heterocycles. The Morgan fingerprint density at radius 2 is 1.50 bits per heavy atom. The highest BCUT2D eigenvalue weighted by atomic mass is 27.0. The van der Waals surface area contributed by atoms with Gasteiger partial charge in [0.1, 0.15) is 0 Å². The first kappa shape index (κ1) is 15.7. The van der Waals surface area contributed by atoms with Crippen molar-refractivity contribution in [3.8, 4) is 0 Å². The molecule has 0 radical (unpaired) electrons. The molecular weight excluding hydrogens is 191 g/mol. The van der Waals surface area contributed by atoms with Gasteiger partial charge < -0.3 is 5.11 Å². The molecule has 0 saturated heterocycles. The predicted molar refractivity (Wildman–Crippen MR) is 63.8 cm³/mol. The molecule has 2 nitrogen and oxygen atoms in total. The summed E-state index contributed by atoms with van der Waals surface area (Å²) in [5.41, 5.74) is 1.69. The van der Waals surface area contributed by atoms with Gasteiger partial charge in [-0.1, -0.05) is 51.1 Å². The Balaban J connectivity index is 0.